The molecule has 1 aromatic carbocycles. The Morgan fingerprint density at radius 3 is 2.52 bits per heavy atom. The Labute approximate surface area is 148 Å². The molecule has 0 aliphatic heterocycles. The zero-order chi connectivity index (χ0) is 17.5. The molecule has 1 aliphatic rings. The van der Waals surface area contributed by atoms with E-state index in [2.05, 4.69) is 23.2 Å². The van der Waals surface area contributed by atoms with Crippen LogP contribution in [0.2, 0.25) is 0 Å². The van der Waals surface area contributed by atoms with Crippen molar-refractivity contribution in [3.05, 3.63) is 71.5 Å². The molecule has 2 aromatic rings. The van der Waals surface area contributed by atoms with Gasteiger partial charge in [0.1, 0.15) is 19.0 Å². The Morgan fingerprint density at radius 2 is 1.80 bits per heavy atom. The molecule has 25 heavy (non-hydrogen) atoms. The van der Waals surface area contributed by atoms with Gasteiger partial charge in [-0.15, -0.1) is 0 Å². The van der Waals surface area contributed by atoms with Gasteiger partial charge in [0, 0.05) is 5.69 Å². The number of hydrogen-bond donors (Lipinski definition) is 0. The number of benzene rings is 1. The maximum Gasteiger partial charge on any atom is 0.257 e. The maximum absolute atomic E-state index is 5.93. The van der Waals surface area contributed by atoms with Gasteiger partial charge in [-0.1, -0.05) is 30.4 Å². The minimum atomic E-state index is 0.430. The van der Waals surface area contributed by atoms with Crippen LogP contribution >= 0.6 is 0 Å². The predicted octanol–water partition coefficient (Wildman–Crippen LogP) is 4.63. The van der Waals surface area contributed by atoms with Gasteiger partial charge in [-0.05, 0) is 55.2 Å². The lowest BCUT2D eigenvalue weighted by Gasteiger charge is -2.14. The number of nitrogens with zero attached hydrogens (tertiary/aromatic N) is 1. The topological polar surface area (TPSA) is 40.6 Å². The van der Waals surface area contributed by atoms with Crippen molar-refractivity contribution in [1.29, 1.82) is 0 Å². The number of hydrogen-bond acceptors (Lipinski definition) is 4. The summed E-state index contributed by atoms with van der Waals surface area (Å²) in [5, 5.41) is 0. The first kappa shape index (κ1) is 17.1. The molecule has 0 N–H and O–H groups in total. The van der Waals surface area contributed by atoms with E-state index >= 15 is 0 Å². The van der Waals surface area contributed by atoms with Gasteiger partial charge in [-0.25, -0.2) is 4.98 Å². The summed E-state index contributed by atoms with van der Waals surface area (Å²) in [7, 11) is 1.66. The standard InChI is InChI=1S/C21H23NO3/c1-16-8-13-20(24-14-17-6-4-3-5-7-17)21(22-16)25-15-18-9-11-19(23-2)12-10-18/h4,6-13H,3,5,14-15H2,1-2H3. The van der Waals surface area contributed by atoms with Gasteiger partial charge in [0.25, 0.3) is 5.88 Å². The minimum Gasteiger partial charge on any atom is -0.497 e. The van der Waals surface area contributed by atoms with Crippen LogP contribution in [0.25, 0.3) is 0 Å². The van der Waals surface area contributed by atoms with E-state index in [9.17, 15) is 0 Å². The van der Waals surface area contributed by atoms with Crippen molar-refractivity contribution in [1.82, 2.24) is 4.98 Å². The predicted molar refractivity (Wildman–Crippen MR) is 98.3 cm³/mol. The summed E-state index contributed by atoms with van der Waals surface area (Å²) < 4.78 is 17.0. The molecule has 4 nitrogen and oxygen atoms in total. The summed E-state index contributed by atoms with van der Waals surface area (Å²) in [6.45, 7) is 2.90. The summed E-state index contributed by atoms with van der Waals surface area (Å²) in [6, 6.07) is 11.6. The minimum absolute atomic E-state index is 0.430. The summed E-state index contributed by atoms with van der Waals surface area (Å²) >= 11 is 0. The van der Waals surface area contributed by atoms with E-state index in [1.165, 1.54) is 5.57 Å². The van der Waals surface area contributed by atoms with Gasteiger partial charge in [-0.3, -0.25) is 0 Å². The first-order valence-corrected chi connectivity index (χ1v) is 8.46. The third-order valence-corrected chi connectivity index (χ3v) is 3.97. The van der Waals surface area contributed by atoms with Crippen LogP contribution in [-0.4, -0.2) is 18.7 Å². The number of methoxy groups -OCH3 is 1. The van der Waals surface area contributed by atoms with Crippen molar-refractivity contribution in [2.24, 2.45) is 0 Å². The molecule has 4 heteroatoms. The fraction of sp³-hybridized carbons (Fsp3) is 0.286. The van der Waals surface area contributed by atoms with E-state index < -0.39 is 0 Å². The van der Waals surface area contributed by atoms with Crippen LogP contribution in [0, 0.1) is 6.92 Å². The highest BCUT2D eigenvalue weighted by atomic mass is 16.5. The lowest BCUT2D eigenvalue weighted by Crippen LogP contribution is -2.05. The van der Waals surface area contributed by atoms with Crippen molar-refractivity contribution >= 4 is 0 Å². The van der Waals surface area contributed by atoms with Crippen molar-refractivity contribution < 1.29 is 14.2 Å². The first-order valence-electron chi connectivity index (χ1n) is 8.46. The second-order valence-corrected chi connectivity index (χ2v) is 5.94. The molecule has 0 bridgehead atoms. The third kappa shape index (κ3) is 4.86. The number of ether oxygens (including phenoxy) is 3. The quantitative estimate of drug-likeness (QED) is 0.738. The number of rotatable bonds is 7. The van der Waals surface area contributed by atoms with Crippen LogP contribution in [-0.2, 0) is 6.61 Å². The molecule has 0 radical (unpaired) electrons. The molecule has 130 valence electrons. The number of pyridine rings is 1. The normalized spacial score (nSPS) is 13.3. The van der Waals surface area contributed by atoms with Gasteiger partial charge in [-0.2, -0.15) is 0 Å². The zero-order valence-electron chi connectivity index (χ0n) is 14.7. The van der Waals surface area contributed by atoms with E-state index in [1.54, 1.807) is 7.11 Å². The van der Waals surface area contributed by atoms with Gasteiger partial charge >= 0.3 is 0 Å². The SMILES string of the molecule is COc1ccc(COc2nc(C)ccc2OCC2=CCCC=C2)cc1. The highest BCUT2D eigenvalue weighted by Crippen LogP contribution is 2.27. The van der Waals surface area contributed by atoms with Crippen LogP contribution in [0.1, 0.15) is 24.1 Å². The largest absolute Gasteiger partial charge is 0.497 e. The van der Waals surface area contributed by atoms with Crippen molar-refractivity contribution in [3.8, 4) is 17.4 Å². The molecule has 0 unspecified atom stereocenters. The molecule has 0 saturated heterocycles. The number of allylic oxidation sites excluding steroid dienone is 2. The lowest BCUT2D eigenvalue weighted by molar-refractivity contribution is 0.262. The zero-order valence-corrected chi connectivity index (χ0v) is 14.7. The van der Waals surface area contributed by atoms with Gasteiger partial charge < -0.3 is 14.2 Å². The average molecular weight is 337 g/mol. The number of aromatic nitrogens is 1. The van der Waals surface area contributed by atoms with Crippen LogP contribution in [0.15, 0.2) is 60.2 Å². The summed E-state index contributed by atoms with van der Waals surface area (Å²) in [5.74, 6) is 2.02. The van der Waals surface area contributed by atoms with Crippen molar-refractivity contribution in [3.63, 3.8) is 0 Å². The van der Waals surface area contributed by atoms with Gasteiger partial charge in [0.2, 0.25) is 0 Å². The van der Waals surface area contributed by atoms with Gasteiger partial charge in [0.15, 0.2) is 5.75 Å². The van der Waals surface area contributed by atoms with E-state index in [1.807, 2.05) is 43.3 Å². The molecule has 0 fully saturated rings. The molecular formula is C21H23NO3. The van der Waals surface area contributed by atoms with E-state index in [0.29, 0.717) is 24.8 Å². The molecule has 1 aliphatic carbocycles. The van der Waals surface area contributed by atoms with Gasteiger partial charge in [0.05, 0.1) is 7.11 Å². The maximum atomic E-state index is 5.93. The fourth-order valence-electron chi connectivity index (χ4n) is 2.54. The molecule has 0 saturated carbocycles. The monoisotopic (exact) mass is 337 g/mol. The Balaban J connectivity index is 1.65. The summed E-state index contributed by atoms with van der Waals surface area (Å²) in [6.07, 6.45) is 8.67. The first-order chi connectivity index (χ1) is 12.2. The highest BCUT2D eigenvalue weighted by molar-refractivity contribution is 5.36. The van der Waals surface area contributed by atoms with Crippen LogP contribution in [0.3, 0.4) is 0 Å². The van der Waals surface area contributed by atoms with Crippen LogP contribution in [0.4, 0.5) is 0 Å². The number of aryl methyl sites for hydroxylation is 1. The van der Waals surface area contributed by atoms with Crippen molar-refractivity contribution in [2.75, 3.05) is 13.7 Å². The van der Waals surface area contributed by atoms with E-state index in [0.717, 1.165) is 29.8 Å². The van der Waals surface area contributed by atoms with E-state index in [4.69, 9.17) is 14.2 Å². The Kier molecular flexibility index (Phi) is 5.73. The smallest absolute Gasteiger partial charge is 0.257 e. The lowest BCUT2D eigenvalue weighted by atomic mass is 10.1. The molecular weight excluding hydrogens is 314 g/mol. The second kappa shape index (κ2) is 8.38. The Bertz CT molecular complexity index is 763. The third-order valence-electron chi connectivity index (χ3n) is 3.97. The van der Waals surface area contributed by atoms with Crippen LogP contribution < -0.4 is 14.2 Å². The Hall–Kier alpha value is -2.75. The average Bonchev–Trinajstić information content (AvgIpc) is 2.67. The molecule has 0 spiro atoms. The molecule has 1 heterocycles. The fourth-order valence-corrected chi connectivity index (χ4v) is 2.54. The second-order valence-electron chi connectivity index (χ2n) is 5.94. The van der Waals surface area contributed by atoms with E-state index in [-0.39, 0.29) is 0 Å². The van der Waals surface area contributed by atoms with Crippen LogP contribution in [0.5, 0.6) is 17.4 Å². The summed E-state index contributed by atoms with van der Waals surface area (Å²) in [4.78, 5) is 4.48. The summed E-state index contributed by atoms with van der Waals surface area (Å²) in [5.41, 5.74) is 3.13. The molecule has 0 amide bonds. The molecule has 0 atom stereocenters. The Morgan fingerprint density at radius 1 is 0.960 bits per heavy atom. The molecule has 3 rings (SSSR count). The molecule has 1 aromatic heterocycles. The highest BCUT2D eigenvalue weighted by Gasteiger charge is 2.09. The van der Waals surface area contributed by atoms with Crippen molar-refractivity contribution in [2.45, 2.75) is 26.4 Å².